The minimum atomic E-state index is -3.97. The molecule has 46 heavy (non-hydrogen) atoms. The Morgan fingerprint density at radius 2 is 1.78 bits per heavy atom. The van der Waals surface area contributed by atoms with Crippen LogP contribution in [0.5, 0.6) is 5.75 Å². The van der Waals surface area contributed by atoms with Crippen LogP contribution in [0.15, 0.2) is 36.4 Å². The molecule has 1 saturated carbocycles. The van der Waals surface area contributed by atoms with Gasteiger partial charge in [-0.25, -0.2) is 13.1 Å². The highest BCUT2D eigenvalue weighted by atomic mass is 35.5. The number of benzene rings is 2. The van der Waals surface area contributed by atoms with E-state index >= 15 is 0 Å². The Hall–Kier alpha value is -2.37. The van der Waals surface area contributed by atoms with Crippen LogP contribution in [0.3, 0.4) is 0 Å². The molecule has 0 radical (unpaired) electrons. The third-order valence-electron chi connectivity index (χ3n) is 10.9. The van der Waals surface area contributed by atoms with Crippen LogP contribution in [0.4, 0.5) is 5.69 Å². The standard InChI is InChI=1S/C35H48ClN3O6S/c1-23-17-30(38-13-15-44-16-14-38)20-33(40)31-10-7-27(31)21-39-12-4-3-5-25-18-29(36)9-6-28(25)22-45-34-11-8-26(19-32(34)39)35(41)37-46(42,43)24(23)2/h6,8-9,11,18-19,23-24,27,30-31,33,40H,3-5,7,10,12-17,20-22H2,1-2H3,(H,37,41). The lowest BCUT2D eigenvalue weighted by Gasteiger charge is -2.45. The third kappa shape index (κ3) is 7.51. The summed E-state index contributed by atoms with van der Waals surface area (Å²) in [5.41, 5.74) is 3.31. The Kier molecular flexibility index (Phi) is 10.5. The van der Waals surface area contributed by atoms with Gasteiger partial charge in [0.2, 0.25) is 10.0 Å². The molecule has 6 rings (SSSR count). The van der Waals surface area contributed by atoms with Gasteiger partial charge in [0.15, 0.2) is 0 Å². The van der Waals surface area contributed by atoms with E-state index in [1.54, 1.807) is 25.1 Å². The smallest absolute Gasteiger partial charge is 0.264 e. The second-order valence-electron chi connectivity index (χ2n) is 13.8. The largest absolute Gasteiger partial charge is 0.487 e. The maximum atomic E-state index is 13.6. The average molecular weight is 674 g/mol. The Balaban J connectivity index is 1.35. The van der Waals surface area contributed by atoms with Crippen molar-refractivity contribution in [3.63, 3.8) is 0 Å². The monoisotopic (exact) mass is 673 g/mol. The number of nitrogens with one attached hydrogen (secondary N) is 1. The van der Waals surface area contributed by atoms with Gasteiger partial charge in [-0.3, -0.25) is 9.69 Å². The fourth-order valence-corrected chi connectivity index (χ4v) is 9.17. The van der Waals surface area contributed by atoms with Gasteiger partial charge in [0.25, 0.3) is 5.91 Å². The number of anilines is 1. The van der Waals surface area contributed by atoms with Gasteiger partial charge in [-0.05, 0) is 111 Å². The zero-order valence-electron chi connectivity index (χ0n) is 27.0. The number of carbonyl (C=O) groups excluding carboxylic acids is 1. The summed E-state index contributed by atoms with van der Waals surface area (Å²) < 4.78 is 41.6. The third-order valence-corrected chi connectivity index (χ3v) is 13.1. The van der Waals surface area contributed by atoms with E-state index in [0.29, 0.717) is 49.4 Å². The van der Waals surface area contributed by atoms with E-state index in [-0.39, 0.29) is 23.4 Å². The lowest BCUT2D eigenvalue weighted by Crippen LogP contribution is -2.50. The van der Waals surface area contributed by atoms with Crippen molar-refractivity contribution in [3.05, 3.63) is 58.1 Å². The Bertz CT molecular complexity index is 1500. The Morgan fingerprint density at radius 3 is 2.54 bits per heavy atom. The molecule has 3 aliphatic heterocycles. The highest BCUT2D eigenvalue weighted by Crippen LogP contribution is 2.42. The number of nitrogens with zero attached hydrogens (tertiary/aromatic N) is 2. The van der Waals surface area contributed by atoms with Crippen LogP contribution in [0.25, 0.3) is 0 Å². The number of carbonyl (C=O) groups is 1. The van der Waals surface area contributed by atoms with Crippen LogP contribution in [0.2, 0.25) is 5.02 Å². The first-order valence-electron chi connectivity index (χ1n) is 16.9. The van der Waals surface area contributed by atoms with E-state index in [9.17, 15) is 18.3 Å². The van der Waals surface area contributed by atoms with E-state index in [2.05, 4.69) is 14.5 Å². The molecule has 9 nitrogen and oxygen atoms in total. The molecule has 0 spiro atoms. The predicted molar refractivity (Wildman–Crippen MR) is 180 cm³/mol. The SMILES string of the molecule is CC1CC(N2CCOCC2)CC(O)C2CCC2CN2CCCCc3cc(Cl)ccc3COc3ccc(cc32)C(=O)NS(=O)(=O)C1C. The highest BCUT2D eigenvalue weighted by molar-refractivity contribution is 7.90. The van der Waals surface area contributed by atoms with Crippen LogP contribution in [0, 0.1) is 17.8 Å². The zero-order chi connectivity index (χ0) is 32.4. The number of hydrogen-bond donors (Lipinski definition) is 2. The molecule has 6 unspecified atom stereocenters. The number of amides is 1. The Labute approximate surface area is 278 Å². The number of halogens is 1. The molecule has 2 fully saturated rings. The lowest BCUT2D eigenvalue weighted by molar-refractivity contribution is -0.0323. The van der Waals surface area contributed by atoms with E-state index in [0.717, 1.165) is 69.5 Å². The van der Waals surface area contributed by atoms with Crippen molar-refractivity contribution in [2.45, 2.75) is 82.8 Å². The number of ether oxygens (including phenoxy) is 2. The van der Waals surface area contributed by atoms with Crippen molar-refractivity contribution in [3.8, 4) is 5.75 Å². The summed E-state index contributed by atoms with van der Waals surface area (Å²) in [6, 6.07) is 11.1. The summed E-state index contributed by atoms with van der Waals surface area (Å²) in [6.45, 7) is 8.23. The van der Waals surface area contributed by atoms with Crippen LogP contribution in [-0.2, 0) is 27.8 Å². The van der Waals surface area contributed by atoms with Crippen molar-refractivity contribution >= 4 is 33.2 Å². The van der Waals surface area contributed by atoms with Crippen molar-refractivity contribution in [2.75, 3.05) is 44.3 Å². The maximum Gasteiger partial charge on any atom is 0.264 e. The second-order valence-corrected chi connectivity index (χ2v) is 16.3. The molecule has 1 aliphatic carbocycles. The van der Waals surface area contributed by atoms with Crippen molar-refractivity contribution in [1.29, 1.82) is 0 Å². The molecule has 6 atom stereocenters. The molecule has 0 aromatic heterocycles. The van der Waals surface area contributed by atoms with Crippen LogP contribution >= 0.6 is 11.6 Å². The predicted octanol–water partition coefficient (Wildman–Crippen LogP) is 5.03. The topological polar surface area (TPSA) is 108 Å². The van der Waals surface area contributed by atoms with Gasteiger partial charge in [-0.1, -0.05) is 24.6 Å². The van der Waals surface area contributed by atoms with E-state index in [1.807, 2.05) is 25.1 Å². The summed E-state index contributed by atoms with van der Waals surface area (Å²) in [5.74, 6) is 0.244. The van der Waals surface area contributed by atoms with Gasteiger partial charge < -0.3 is 19.5 Å². The average Bonchev–Trinajstić information content (AvgIpc) is 3.05. The molecule has 252 valence electrons. The minimum Gasteiger partial charge on any atom is -0.487 e. The molecular formula is C35H48ClN3O6S. The Morgan fingerprint density at radius 1 is 0.978 bits per heavy atom. The number of aryl methyl sites for hydroxylation is 1. The van der Waals surface area contributed by atoms with Gasteiger partial charge in [0.1, 0.15) is 12.4 Å². The summed E-state index contributed by atoms with van der Waals surface area (Å²) >= 11 is 6.34. The number of morpholine rings is 1. The van der Waals surface area contributed by atoms with Crippen molar-refractivity contribution in [2.24, 2.45) is 17.8 Å². The van der Waals surface area contributed by atoms with Gasteiger partial charge in [0.05, 0.1) is 30.3 Å². The minimum absolute atomic E-state index is 0.0250. The normalized spacial score (nSPS) is 31.2. The molecule has 11 heteroatoms. The van der Waals surface area contributed by atoms with E-state index < -0.39 is 27.3 Å². The fraction of sp³-hybridized carbons (Fsp3) is 0.629. The first kappa shape index (κ1) is 33.5. The fourth-order valence-electron chi connectivity index (χ4n) is 7.69. The summed E-state index contributed by atoms with van der Waals surface area (Å²) in [7, 11) is -3.97. The maximum absolute atomic E-state index is 13.6. The quantitative estimate of drug-likeness (QED) is 0.434. The molecule has 2 aromatic carbocycles. The number of fused-ring (bicyclic) bond motifs is 3. The van der Waals surface area contributed by atoms with E-state index in [1.165, 1.54) is 5.56 Å². The number of aliphatic hydroxyl groups is 1. The van der Waals surface area contributed by atoms with E-state index in [4.69, 9.17) is 21.1 Å². The van der Waals surface area contributed by atoms with Gasteiger partial charge >= 0.3 is 0 Å². The number of hydrogen-bond acceptors (Lipinski definition) is 8. The molecule has 2 bridgehead atoms. The summed E-state index contributed by atoms with van der Waals surface area (Å²) in [6.07, 6.45) is 5.50. The first-order valence-corrected chi connectivity index (χ1v) is 18.9. The first-order chi connectivity index (χ1) is 22.1. The molecule has 3 heterocycles. The van der Waals surface area contributed by atoms with Gasteiger partial charge in [-0.15, -0.1) is 0 Å². The molecular weight excluding hydrogens is 626 g/mol. The van der Waals surface area contributed by atoms with Crippen LogP contribution in [0.1, 0.15) is 73.9 Å². The number of aliphatic hydroxyl groups excluding tert-OH is 1. The number of rotatable bonds is 1. The number of sulfonamides is 1. The van der Waals surface area contributed by atoms with Crippen molar-refractivity contribution < 1.29 is 27.8 Å². The van der Waals surface area contributed by atoms with Crippen LogP contribution in [-0.4, -0.2) is 81.1 Å². The summed E-state index contributed by atoms with van der Waals surface area (Å²) in [4.78, 5) is 18.2. The molecule has 4 aliphatic rings. The molecule has 2 aromatic rings. The van der Waals surface area contributed by atoms with Gasteiger partial charge in [0, 0.05) is 42.8 Å². The molecule has 1 saturated heterocycles. The van der Waals surface area contributed by atoms with Crippen LogP contribution < -0.4 is 14.4 Å². The summed E-state index contributed by atoms with van der Waals surface area (Å²) in [5, 5.41) is 11.6. The molecule has 2 N–H and O–H groups in total. The van der Waals surface area contributed by atoms with Gasteiger partial charge in [-0.2, -0.15) is 0 Å². The van der Waals surface area contributed by atoms with Crippen molar-refractivity contribution in [1.82, 2.24) is 9.62 Å². The molecule has 1 amide bonds. The zero-order valence-corrected chi connectivity index (χ0v) is 28.6. The lowest BCUT2D eigenvalue weighted by atomic mass is 9.68. The second kappa shape index (κ2) is 14.4. The highest BCUT2D eigenvalue weighted by Gasteiger charge is 2.40.